The number of aryl methyl sites for hydroxylation is 1. The van der Waals surface area contributed by atoms with Crippen LogP contribution in [0.1, 0.15) is 38.3 Å². The molecule has 0 fully saturated rings. The highest BCUT2D eigenvalue weighted by molar-refractivity contribution is 7.92. The van der Waals surface area contributed by atoms with Crippen LogP contribution in [0, 0.1) is 6.92 Å². The van der Waals surface area contributed by atoms with Gasteiger partial charge in [0, 0.05) is 22.6 Å². The predicted molar refractivity (Wildman–Crippen MR) is 183 cm³/mol. The zero-order valence-corrected chi connectivity index (χ0v) is 28.4. The Kier molecular flexibility index (Phi) is 11.7. The molecule has 4 rings (SSSR count). The summed E-state index contributed by atoms with van der Waals surface area (Å²) >= 11 is 12.6. The van der Waals surface area contributed by atoms with Crippen molar-refractivity contribution >= 4 is 50.7 Å². The zero-order chi connectivity index (χ0) is 33.4. The van der Waals surface area contributed by atoms with Crippen molar-refractivity contribution in [1.29, 1.82) is 0 Å². The SMILES string of the molecule is CC[C@H](C)NC(=O)[C@@H](C)N(Cc1ccc(Cl)cc1Cl)C(=O)CN(c1ccc(Oc2ccccc2)cc1)S(=O)(=O)c1ccc(C)cc1. The molecule has 0 aromatic heterocycles. The van der Waals surface area contributed by atoms with Gasteiger partial charge in [-0.2, -0.15) is 0 Å². The molecule has 0 saturated carbocycles. The summed E-state index contributed by atoms with van der Waals surface area (Å²) in [6, 6.07) is 25.8. The molecule has 4 aromatic carbocycles. The van der Waals surface area contributed by atoms with Crippen LogP contribution in [-0.2, 0) is 26.2 Å². The van der Waals surface area contributed by atoms with Gasteiger partial charge in [0.1, 0.15) is 24.1 Å². The van der Waals surface area contributed by atoms with E-state index >= 15 is 0 Å². The van der Waals surface area contributed by atoms with Gasteiger partial charge in [-0.25, -0.2) is 8.42 Å². The van der Waals surface area contributed by atoms with Crippen molar-refractivity contribution in [1.82, 2.24) is 10.2 Å². The molecule has 0 radical (unpaired) electrons. The van der Waals surface area contributed by atoms with Crippen LogP contribution in [0.5, 0.6) is 11.5 Å². The molecule has 2 atom stereocenters. The number of anilines is 1. The van der Waals surface area contributed by atoms with Gasteiger partial charge in [0.2, 0.25) is 11.8 Å². The smallest absolute Gasteiger partial charge is 0.264 e. The first-order valence-electron chi connectivity index (χ1n) is 14.8. The first kappa shape index (κ1) is 34.8. The van der Waals surface area contributed by atoms with E-state index in [1.807, 2.05) is 39.0 Å². The molecule has 0 bridgehead atoms. The lowest BCUT2D eigenvalue weighted by molar-refractivity contribution is -0.139. The molecular formula is C35H37Cl2N3O5S. The van der Waals surface area contributed by atoms with Crippen molar-refractivity contribution in [2.75, 3.05) is 10.8 Å². The highest BCUT2D eigenvalue weighted by Gasteiger charge is 2.33. The molecule has 4 aromatic rings. The fourth-order valence-corrected chi connectivity index (χ4v) is 6.44. The Hall–Kier alpha value is -4.05. The number of nitrogens with zero attached hydrogens (tertiary/aromatic N) is 2. The van der Waals surface area contributed by atoms with Crippen molar-refractivity contribution in [2.45, 2.75) is 57.6 Å². The van der Waals surface area contributed by atoms with E-state index in [9.17, 15) is 18.0 Å². The van der Waals surface area contributed by atoms with Crippen LogP contribution in [0.15, 0.2) is 102 Å². The average Bonchev–Trinajstić information content (AvgIpc) is 3.04. The van der Waals surface area contributed by atoms with E-state index in [2.05, 4.69) is 5.32 Å². The third-order valence-corrected chi connectivity index (χ3v) is 9.89. The summed E-state index contributed by atoms with van der Waals surface area (Å²) in [7, 11) is -4.23. The number of carbonyl (C=O) groups is 2. The summed E-state index contributed by atoms with van der Waals surface area (Å²) in [6.07, 6.45) is 0.696. The van der Waals surface area contributed by atoms with E-state index in [4.69, 9.17) is 27.9 Å². The molecule has 0 unspecified atom stereocenters. The fourth-order valence-electron chi connectivity index (χ4n) is 4.55. The molecule has 242 valence electrons. The van der Waals surface area contributed by atoms with Gasteiger partial charge in [0.25, 0.3) is 10.0 Å². The Balaban J connectivity index is 1.72. The summed E-state index contributed by atoms with van der Waals surface area (Å²) in [4.78, 5) is 28.8. The highest BCUT2D eigenvalue weighted by atomic mass is 35.5. The summed E-state index contributed by atoms with van der Waals surface area (Å²) in [5.41, 5.74) is 1.68. The van der Waals surface area contributed by atoms with Gasteiger partial charge in [0.05, 0.1) is 10.6 Å². The van der Waals surface area contributed by atoms with Gasteiger partial charge in [-0.15, -0.1) is 0 Å². The number of nitrogens with one attached hydrogen (secondary N) is 1. The van der Waals surface area contributed by atoms with Gasteiger partial charge in [0.15, 0.2) is 0 Å². The van der Waals surface area contributed by atoms with Gasteiger partial charge in [-0.05, 0) is 93.4 Å². The topological polar surface area (TPSA) is 96.0 Å². The second-order valence-corrected chi connectivity index (χ2v) is 13.7. The number of carbonyl (C=O) groups excluding carboxylic acids is 2. The molecule has 2 amide bonds. The maximum absolute atomic E-state index is 14.2. The summed E-state index contributed by atoms with van der Waals surface area (Å²) in [5.74, 6) is 0.139. The Bertz CT molecular complexity index is 1750. The van der Waals surface area contributed by atoms with Gasteiger partial charge in [-0.3, -0.25) is 13.9 Å². The Morgan fingerprint density at radius 1 is 0.870 bits per heavy atom. The molecule has 8 nitrogen and oxygen atoms in total. The molecule has 0 spiro atoms. The molecule has 0 aliphatic rings. The number of amides is 2. The van der Waals surface area contributed by atoms with E-state index in [0.717, 1.165) is 9.87 Å². The number of rotatable bonds is 13. The lowest BCUT2D eigenvalue weighted by Crippen LogP contribution is -2.52. The van der Waals surface area contributed by atoms with Gasteiger partial charge < -0.3 is 15.0 Å². The number of ether oxygens (including phenoxy) is 1. The number of halogens is 2. The second kappa shape index (κ2) is 15.5. The minimum absolute atomic E-state index is 0.0189. The lowest BCUT2D eigenvalue weighted by Gasteiger charge is -2.32. The number of para-hydroxylation sites is 1. The Morgan fingerprint density at radius 2 is 1.50 bits per heavy atom. The van der Waals surface area contributed by atoms with Gasteiger partial charge >= 0.3 is 0 Å². The quantitative estimate of drug-likeness (QED) is 0.157. The maximum atomic E-state index is 14.2. The largest absolute Gasteiger partial charge is 0.457 e. The predicted octanol–water partition coefficient (Wildman–Crippen LogP) is 7.62. The van der Waals surface area contributed by atoms with Crippen molar-refractivity contribution in [3.8, 4) is 11.5 Å². The third kappa shape index (κ3) is 8.81. The molecule has 46 heavy (non-hydrogen) atoms. The lowest BCUT2D eigenvalue weighted by atomic mass is 10.1. The minimum atomic E-state index is -4.23. The summed E-state index contributed by atoms with van der Waals surface area (Å²) in [5, 5.41) is 3.65. The van der Waals surface area contributed by atoms with Crippen LogP contribution in [0.25, 0.3) is 0 Å². The van der Waals surface area contributed by atoms with E-state index < -0.39 is 28.5 Å². The summed E-state index contributed by atoms with van der Waals surface area (Å²) < 4.78 is 35.2. The van der Waals surface area contributed by atoms with Crippen LogP contribution < -0.4 is 14.4 Å². The molecule has 11 heteroatoms. The fraction of sp³-hybridized carbons (Fsp3) is 0.257. The normalized spacial score (nSPS) is 12.6. The van der Waals surface area contributed by atoms with E-state index in [-0.39, 0.29) is 29.1 Å². The average molecular weight is 683 g/mol. The maximum Gasteiger partial charge on any atom is 0.264 e. The number of hydrogen-bond acceptors (Lipinski definition) is 5. The molecule has 0 aliphatic carbocycles. The third-order valence-electron chi connectivity index (χ3n) is 7.52. The number of benzene rings is 4. The first-order valence-corrected chi connectivity index (χ1v) is 17.0. The van der Waals surface area contributed by atoms with Crippen LogP contribution >= 0.6 is 23.2 Å². The molecular weight excluding hydrogens is 645 g/mol. The van der Waals surface area contributed by atoms with Crippen molar-refractivity contribution in [3.05, 3.63) is 118 Å². The van der Waals surface area contributed by atoms with Crippen LogP contribution in [0.4, 0.5) is 5.69 Å². The number of hydrogen-bond donors (Lipinski definition) is 1. The molecule has 0 aliphatic heterocycles. The Labute approximate surface area is 280 Å². The van der Waals surface area contributed by atoms with Crippen LogP contribution in [-0.4, -0.2) is 43.8 Å². The van der Waals surface area contributed by atoms with Crippen molar-refractivity contribution in [3.63, 3.8) is 0 Å². The monoisotopic (exact) mass is 681 g/mol. The van der Waals surface area contributed by atoms with Gasteiger partial charge in [-0.1, -0.05) is 72.1 Å². The van der Waals surface area contributed by atoms with E-state index in [0.29, 0.717) is 33.5 Å². The highest BCUT2D eigenvalue weighted by Crippen LogP contribution is 2.29. The van der Waals surface area contributed by atoms with Crippen molar-refractivity contribution < 1.29 is 22.7 Å². The van der Waals surface area contributed by atoms with Crippen LogP contribution in [0.3, 0.4) is 0 Å². The number of sulfonamides is 1. The standard InChI is InChI=1S/C35H37Cl2N3O5S/c1-5-25(3)38-35(42)26(4)39(22-27-13-14-28(36)21-33(27)37)34(41)23-40(46(43,44)32-19-11-24(2)12-20-32)29-15-17-31(18-16-29)45-30-9-7-6-8-10-30/h6-21,25-26H,5,22-23H2,1-4H3,(H,38,42)/t25-,26+/m0/s1. The first-order chi connectivity index (χ1) is 21.9. The van der Waals surface area contributed by atoms with E-state index in [1.165, 1.54) is 17.0 Å². The van der Waals surface area contributed by atoms with Crippen LogP contribution in [0.2, 0.25) is 10.0 Å². The summed E-state index contributed by atoms with van der Waals surface area (Å²) in [6.45, 7) is 6.64. The molecule has 0 saturated heterocycles. The van der Waals surface area contributed by atoms with E-state index in [1.54, 1.807) is 73.7 Å². The Morgan fingerprint density at radius 3 is 2.11 bits per heavy atom. The molecule has 0 heterocycles. The van der Waals surface area contributed by atoms with Crippen molar-refractivity contribution in [2.24, 2.45) is 0 Å². The zero-order valence-electron chi connectivity index (χ0n) is 26.1. The molecule has 1 N–H and O–H groups in total. The minimum Gasteiger partial charge on any atom is -0.457 e. The second-order valence-electron chi connectivity index (χ2n) is 11.0.